The number of hydrogen-bond acceptors (Lipinski definition) is 2. The fourth-order valence-electron chi connectivity index (χ4n) is 2.76. The van der Waals surface area contributed by atoms with E-state index in [1.54, 1.807) is 0 Å². The highest BCUT2D eigenvalue weighted by Crippen LogP contribution is 2.38. The van der Waals surface area contributed by atoms with Gasteiger partial charge in [-0.05, 0) is 18.6 Å². The number of aromatic amines is 1. The largest absolute Gasteiger partial charge is 0.289 e. The molecule has 0 spiro atoms. The lowest BCUT2D eigenvalue weighted by molar-refractivity contribution is 0.103. The minimum absolute atomic E-state index is 0.0996. The van der Waals surface area contributed by atoms with Gasteiger partial charge in [-0.1, -0.05) is 30.3 Å². The third-order valence-electron chi connectivity index (χ3n) is 3.59. The molecule has 3 heteroatoms. The minimum Gasteiger partial charge on any atom is -0.289 e. The summed E-state index contributed by atoms with van der Waals surface area (Å²) in [4.78, 5) is 12.6. The van der Waals surface area contributed by atoms with Crippen molar-refractivity contribution < 1.29 is 4.79 Å². The molecule has 0 amide bonds. The third kappa shape index (κ3) is 0.991. The number of H-pyrrole nitrogens is 1. The van der Waals surface area contributed by atoms with Crippen LogP contribution in [0.15, 0.2) is 36.4 Å². The molecule has 2 aromatic carbocycles. The van der Waals surface area contributed by atoms with E-state index in [2.05, 4.69) is 10.2 Å². The molecule has 3 nitrogen and oxygen atoms in total. The molecule has 0 aliphatic heterocycles. The van der Waals surface area contributed by atoms with E-state index in [0.717, 1.165) is 38.9 Å². The summed E-state index contributed by atoms with van der Waals surface area (Å²) in [5.41, 5.74) is 5.28. The molecule has 1 N–H and O–H groups in total. The molecule has 4 rings (SSSR count). The molecule has 0 saturated heterocycles. The molecule has 1 aliphatic rings. The van der Waals surface area contributed by atoms with E-state index in [-0.39, 0.29) is 5.78 Å². The second-order valence-electron chi connectivity index (χ2n) is 4.63. The summed E-state index contributed by atoms with van der Waals surface area (Å²) >= 11 is 0. The van der Waals surface area contributed by atoms with Gasteiger partial charge in [0.25, 0.3) is 0 Å². The number of ketones is 1. The van der Waals surface area contributed by atoms with Crippen molar-refractivity contribution in [3.63, 3.8) is 0 Å². The van der Waals surface area contributed by atoms with Crippen molar-refractivity contribution in [3.05, 3.63) is 53.1 Å². The van der Waals surface area contributed by atoms with Crippen LogP contribution in [-0.4, -0.2) is 16.0 Å². The van der Waals surface area contributed by atoms with Crippen LogP contribution < -0.4 is 0 Å². The highest BCUT2D eigenvalue weighted by molar-refractivity contribution is 6.25. The summed E-state index contributed by atoms with van der Waals surface area (Å²) in [6, 6.07) is 11.6. The molecule has 86 valence electrons. The van der Waals surface area contributed by atoms with Crippen molar-refractivity contribution in [2.24, 2.45) is 0 Å². The number of carbonyl (C=O) groups excluding carboxylic acids is 1. The predicted molar refractivity (Wildman–Crippen MR) is 69.7 cm³/mol. The number of aryl methyl sites for hydroxylation is 1. The number of nitrogens with one attached hydrogen (secondary N) is 1. The van der Waals surface area contributed by atoms with Gasteiger partial charge in [0.1, 0.15) is 5.69 Å². The number of rotatable bonds is 0. The Kier molecular flexibility index (Phi) is 1.64. The number of fused-ring (bicyclic) bond motifs is 2. The SMILES string of the molecule is Cc1cccc2c1C(=O)c1cccc3[nH]nc-2c13. The van der Waals surface area contributed by atoms with Crippen molar-refractivity contribution in [2.75, 3.05) is 0 Å². The van der Waals surface area contributed by atoms with Gasteiger partial charge in [0, 0.05) is 22.1 Å². The molecule has 18 heavy (non-hydrogen) atoms. The summed E-state index contributed by atoms with van der Waals surface area (Å²) in [6.07, 6.45) is 0. The van der Waals surface area contributed by atoms with E-state index >= 15 is 0 Å². The molecular formula is C15H10N2O. The van der Waals surface area contributed by atoms with Crippen LogP contribution in [0.3, 0.4) is 0 Å². The first-order chi connectivity index (χ1) is 8.77. The first-order valence-corrected chi connectivity index (χ1v) is 5.89. The van der Waals surface area contributed by atoms with Crippen molar-refractivity contribution in [3.8, 4) is 11.3 Å². The molecule has 0 bridgehead atoms. The number of aromatic nitrogens is 2. The fraction of sp³-hybridized carbons (Fsp3) is 0.0667. The van der Waals surface area contributed by atoms with Gasteiger partial charge in [0.15, 0.2) is 5.78 Å². The first-order valence-electron chi connectivity index (χ1n) is 5.89. The maximum atomic E-state index is 12.6. The van der Waals surface area contributed by atoms with E-state index < -0.39 is 0 Å². The molecule has 0 atom stereocenters. The Morgan fingerprint density at radius 3 is 2.72 bits per heavy atom. The Balaban J connectivity index is 2.27. The van der Waals surface area contributed by atoms with E-state index in [0.29, 0.717) is 0 Å². The molecule has 3 aromatic rings. The van der Waals surface area contributed by atoms with Crippen molar-refractivity contribution in [2.45, 2.75) is 6.92 Å². The number of carbonyl (C=O) groups is 1. The lowest BCUT2D eigenvalue weighted by atomic mass is 9.85. The maximum Gasteiger partial charge on any atom is 0.194 e. The van der Waals surface area contributed by atoms with Crippen LogP contribution in [0, 0.1) is 6.92 Å². The zero-order valence-electron chi connectivity index (χ0n) is 9.82. The molecule has 1 aromatic heterocycles. The van der Waals surface area contributed by atoms with Gasteiger partial charge in [-0.15, -0.1) is 0 Å². The Labute approximate surface area is 103 Å². The summed E-state index contributed by atoms with van der Waals surface area (Å²) in [5, 5.41) is 8.31. The van der Waals surface area contributed by atoms with Gasteiger partial charge in [0.2, 0.25) is 0 Å². The highest BCUT2D eigenvalue weighted by Gasteiger charge is 2.28. The zero-order valence-corrected chi connectivity index (χ0v) is 9.82. The second-order valence-corrected chi connectivity index (χ2v) is 4.63. The summed E-state index contributed by atoms with van der Waals surface area (Å²) in [7, 11) is 0. The Hall–Kier alpha value is -2.42. The molecule has 1 heterocycles. The topological polar surface area (TPSA) is 45.8 Å². The van der Waals surface area contributed by atoms with Crippen molar-refractivity contribution in [1.82, 2.24) is 10.2 Å². The van der Waals surface area contributed by atoms with E-state index in [1.807, 2.05) is 43.3 Å². The van der Waals surface area contributed by atoms with Crippen molar-refractivity contribution >= 4 is 16.7 Å². The Morgan fingerprint density at radius 2 is 1.83 bits per heavy atom. The predicted octanol–water partition coefficient (Wildman–Crippen LogP) is 3.08. The lowest BCUT2D eigenvalue weighted by Crippen LogP contribution is -2.10. The van der Waals surface area contributed by atoms with Crippen LogP contribution in [0.2, 0.25) is 0 Å². The van der Waals surface area contributed by atoms with Crippen LogP contribution in [-0.2, 0) is 0 Å². The van der Waals surface area contributed by atoms with Crippen LogP contribution >= 0.6 is 0 Å². The van der Waals surface area contributed by atoms with Crippen LogP contribution in [0.4, 0.5) is 0 Å². The van der Waals surface area contributed by atoms with Gasteiger partial charge in [-0.3, -0.25) is 9.89 Å². The van der Waals surface area contributed by atoms with Gasteiger partial charge in [-0.25, -0.2) is 0 Å². The van der Waals surface area contributed by atoms with Crippen molar-refractivity contribution in [1.29, 1.82) is 0 Å². The third-order valence-corrected chi connectivity index (χ3v) is 3.59. The summed E-state index contributed by atoms with van der Waals surface area (Å²) in [6.45, 7) is 1.97. The first kappa shape index (κ1) is 9.59. The zero-order chi connectivity index (χ0) is 12.3. The van der Waals surface area contributed by atoms with Gasteiger partial charge in [-0.2, -0.15) is 5.10 Å². The fourth-order valence-corrected chi connectivity index (χ4v) is 2.76. The molecular weight excluding hydrogens is 224 g/mol. The number of nitrogens with zero attached hydrogens (tertiary/aromatic N) is 1. The average molecular weight is 234 g/mol. The molecule has 0 fully saturated rings. The smallest absolute Gasteiger partial charge is 0.194 e. The number of hydrogen-bond donors (Lipinski definition) is 1. The molecule has 0 saturated carbocycles. The van der Waals surface area contributed by atoms with Crippen LogP contribution in [0.5, 0.6) is 0 Å². The van der Waals surface area contributed by atoms with Gasteiger partial charge in [0.05, 0.1) is 5.52 Å². The quantitative estimate of drug-likeness (QED) is 0.508. The van der Waals surface area contributed by atoms with Gasteiger partial charge < -0.3 is 0 Å². The van der Waals surface area contributed by atoms with Crippen LogP contribution in [0.25, 0.3) is 22.2 Å². The minimum atomic E-state index is 0.0996. The summed E-state index contributed by atoms with van der Waals surface area (Å²) in [5.74, 6) is 0.0996. The monoisotopic (exact) mass is 234 g/mol. The van der Waals surface area contributed by atoms with Gasteiger partial charge >= 0.3 is 0 Å². The van der Waals surface area contributed by atoms with Crippen LogP contribution in [0.1, 0.15) is 21.5 Å². The Bertz CT molecular complexity index is 814. The normalized spacial score (nSPS) is 12.8. The molecule has 1 aliphatic carbocycles. The molecule has 0 radical (unpaired) electrons. The highest BCUT2D eigenvalue weighted by atomic mass is 16.1. The Morgan fingerprint density at radius 1 is 1.06 bits per heavy atom. The molecule has 0 unspecified atom stereocenters. The maximum absolute atomic E-state index is 12.6. The lowest BCUT2D eigenvalue weighted by Gasteiger charge is -2.16. The summed E-state index contributed by atoms with van der Waals surface area (Å²) < 4.78 is 0. The number of benzene rings is 2. The van der Waals surface area contributed by atoms with E-state index in [1.165, 1.54) is 0 Å². The van der Waals surface area contributed by atoms with E-state index in [9.17, 15) is 4.79 Å². The average Bonchev–Trinajstić information content (AvgIpc) is 2.80. The second kappa shape index (κ2) is 3.07. The van der Waals surface area contributed by atoms with E-state index in [4.69, 9.17) is 0 Å². The standard InChI is InChI=1S/C15H10N2O/c1-8-4-2-5-9-12(8)15(18)10-6-3-7-11-13(10)14(9)17-16-11/h2-7H,1H3,(H,16,17).